The minimum atomic E-state index is -0.361. The second-order valence-corrected chi connectivity index (χ2v) is 7.98. The van der Waals surface area contributed by atoms with Crippen LogP contribution in [-0.4, -0.2) is 19.8 Å². The van der Waals surface area contributed by atoms with Gasteiger partial charge in [0.05, 0.1) is 10.6 Å². The quantitative estimate of drug-likeness (QED) is 0.444. The predicted octanol–water partition coefficient (Wildman–Crippen LogP) is 4.54. The van der Waals surface area contributed by atoms with E-state index in [9.17, 15) is 9.18 Å². The summed E-state index contributed by atoms with van der Waals surface area (Å²) >= 11 is 6.56. The highest BCUT2D eigenvalue weighted by Crippen LogP contribution is 2.36. The second-order valence-electron chi connectivity index (χ2n) is 6.31. The summed E-state index contributed by atoms with van der Waals surface area (Å²) in [6.07, 6.45) is 5.37. The molecule has 8 heteroatoms. The Balaban J connectivity index is 1.46. The normalized spacial score (nSPS) is 15.4. The smallest absolute Gasteiger partial charge is 0.270 e. The van der Waals surface area contributed by atoms with Gasteiger partial charge in [-0.05, 0) is 48.0 Å². The maximum atomic E-state index is 13.2. The molecule has 0 unspecified atom stereocenters. The molecule has 5 nitrogen and oxygen atoms in total. The number of ether oxygens (including phenoxy) is 1. The number of hydrogen-bond donors (Lipinski definition) is 0. The summed E-state index contributed by atoms with van der Waals surface area (Å²) in [6.45, 7) is 0.374. The standard InChI is InChI=1S/C21H16FN3O2S2/c1-24-11-10-23-19(24)13-27-17-8-2-14(3-9-17)12-18-20(26)25(21(28)29-18)16-6-4-15(22)5-7-16/h2-12H,13H2,1H3. The molecule has 1 aromatic heterocycles. The fourth-order valence-corrected chi connectivity index (χ4v) is 4.07. The van der Waals surface area contributed by atoms with Gasteiger partial charge in [-0.15, -0.1) is 0 Å². The minimum absolute atomic E-state index is 0.221. The van der Waals surface area contributed by atoms with E-state index in [0.29, 0.717) is 27.3 Å². The van der Waals surface area contributed by atoms with Crippen LogP contribution in [-0.2, 0) is 18.4 Å². The number of benzene rings is 2. The molecule has 1 aliphatic heterocycles. The van der Waals surface area contributed by atoms with Crippen LogP contribution in [0.3, 0.4) is 0 Å². The van der Waals surface area contributed by atoms with Crippen LogP contribution in [0.15, 0.2) is 65.8 Å². The molecule has 1 aliphatic rings. The summed E-state index contributed by atoms with van der Waals surface area (Å²) in [4.78, 5) is 18.9. The van der Waals surface area contributed by atoms with E-state index >= 15 is 0 Å². The number of aromatic nitrogens is 2. The lowest BCUT2D eigenvalue weighted by Gasteiger charge is -2.14. The lowest BCUT2D eigenvalue weighted by Crippen LogP contribution is -2.27. The number of carbonyl (C=O) groups is 1. The van der Waals surface area contributed by atoms with Crippen LogP contribution in [0.25, 0.3) is 6.08 Å². The first-order chi connectivity index (χ1) is 14.0. The van der Waals surface area contributed by atoms with E-state index in [4.69, 9.17) is 17.0 Å². The van der Waals surface area contributed by atoms with Crippen LogP contribution in [0.1, 0.15) is 11.4 Å². The number of anilines is 1. The summed E-state index contributed by atoms with van der Waals surface area (Å²) in [5, 5.41) is 0. The fourth-order valence-electron chi connectivity index (χ4n) is 2.78. The zero-order valence-electron chi connectivity index (χ0n) is 15.4. The average Bonchev–Trinajstić information content (AvgIpc) is 3.24. The number of nitrogens with zero attached hydrogens (tertiary/aromatic N) is 3. The summed E-state index contributed by atoms with van der Waals surface area (Å²) in [5.41, 5.74) is 1.41. The number of aryl methyl sites for hydroxylation is 1. The monoisotopic (exact) mass is 425 g/mol. The molecule has 0 radical (unpaired) electrons. The van der Waals surface area contributed by atoms with Crippen molar-refractivity contribution in [2.45, 2.75) is 6.61 Å². The van der Waals surface area contributed by atoms with Gasteiger partial charge in [0.15, 0.2) is 4.32 Å². The van der Waals surface area contributed by atoms with Crippen molar-refractivity contribution in [3.63, 3.8) is 0 Å². The van der Waals surface area contributed by atoms with Crippen molar-refractivity contribution in [1.82, 2.24) is 9.55 Å². The van der Waals surface area contributed by atoms with Crippen molar-refractivity contribution in [2.75, 3.05) is 4.90 Å². The molecule has 0 saturated carbocycles. The van der Waals surface area contributed by atoms with Gasteiger partial charge in [-0.1, -0.05) is 36.1 Å². The van der Waals surface area contributed by atoms with Gasteiger partial charge in [-0.2, -0.15) is 0 Å². The Labute approximate surface area is 176 Å². The Kier molecular flexibility index (Phi) is 5.46. The predicted molar refractivity (Wildman–Crippen MR) is 116 cm³/mol. The third-order valence-electron chi connectivity index (χ3n) is 4.35. The van der Waals surface area contributed by atoms with E-state index in [1.807, 2.05) is 42.1 Å². The van der Waals surface area contributed by atoms with Crippen LogP contribution in [0.4, 0.5) is 10.1 Å². The molecule has 1 saturated heterocycles. The van der Waals surface area contributed by atoms with Crippen LogP contribution in [0.2, 0.25) is 0 Å². The number of rotatable bonds is 5. The minimum Gasteiger partial charge on any atom is -0.486 e. The third kappa shape index (κ3) is 4.23. The molecule has 1 fully saturated rings. The molecule has 0 bridgehead atoms. The number of halogens is 1. The summed E-state index contributed by atoms with van der Waals surface area (Å²) in [7, 11) is 1.91. The highest BCUT2D eigenvalue weighted by atomic mass is 32.2. The first kappa shape index (κ1) is 19.4. The number of hydrogen-bond acceptors (Lipinski definition) is 5. The average molecular weight is 426 g/mol. The van der Waals surface area contributed by atoms with Crippen LogP contribution in [0, 0.1) is 5.82 Å². The van der Waals surface area contributed by atoms with Crippen LogP contribution < -0.4 is 9.64 Å². The third-order valence-corrected chi connectivity index (χ3v) is 5.65. The molecule has 0 spiro atoms. The van der Waals surface area contributed by atoms with Gasteiger partial charge in [0.1, 0.15) is 24.0 Å². The van der Waals surface area contributed by atoms with Gasteiger partial charge in [-0.3, -0.25) is 9.69 Å². The van der Waals surface area contributed by atoms with Gasteiger partial charge in [0, 0.05) is 19.4 Å². The van der Waals surface area contributed by atoms with Crippen molar-refractivity contribution in [2.24, 2.45) is 7.05 Å². The lowest BCUT2D eigenvalue weighted by atomic mass is 10.2. The summed E-state index contributed by atoms with van der Waals surface area (Å²) in [5.74, 6) is 0.962. The van der Waals surface area contributed by atoms with E-state index in [2.05, 4.69) is 4.98 Å². The van der Waals surface area contributed by atoms with E-state index in [1.54, 1.807) is 12.3 Å². The molecule has 146 valence electrons. The topological polar surface area (TPSA) is 47.4 Å². The molecule has 2 heterocycles. The summed E-state index contributed by atoms with van der Waals surface area (Å²) in [6, 6.07) is 13.1. The molecule has 3 aromatic rings. The highest BCUT2D eigenvalue weighted by Gasteiger charge is 2.33. The summed E-state index contributed by atoms with van der Waals surface area (Å²) < 4.78 is 21.2. The van der Waals surface area contributed by atoms with Gasteiger partial charge >= 0.3 is 0 Å². The first-order valence-corrected chi connectivity index (χ1v) is 9.96. The van der Waals surface area contributed by atoms with E-state index in [-0.39, 0.29) is 11.7 Å². The molecular weight excluding hydrogens is 409 g/mol. The first-order valence-electron chi connectivity index (χ1n) is 8.74. The van der Waals surface area contributed by atoms with Crippen molar-refractivity contribution in [3.05, 3.63) is 83.0 Å². The SMILES string of the molecule is Cn1ccnc1COc1ccc(C=C2SC(=S)N(c3ccc(F)cc3)C2=O)cc1. The second kappa shape index (κ2) is 8.18. The van der Waals surface area contributed by atoms with Gasteiger partial charge < -0.3 is 9.30 Å². The molecular formula is C21H16FN3O2S2. The van der Waals surface area contributed by atoms with Gasteiger partial charge in [0.2, 0.25) is 0 Å². The number of carbonyl (C=O) groups excluding carboxylic acids is 1. The van der Waals surface area contributed by atoms with Crippen molar-refractivity contribution in [1.29, 1.82) is 0 Å². The van der Waals surface area contributed by atoms with E-state index < -0.39 is 0 Å². The van der Waals surface area contributed by atoms with Crippen LogP contribution >= 0.6 is 24.0 Å². The Morgan fingerprint density at radius 2 is 1.90 bits per heavy atom. The largest absolute Gasteiger partial charge is 0.486 e. The molecule has 0 aliphatic carbocycles. The molecule has 4 rings (SSSR count). The van der Waals surface area contributed by atoms with Gasteiger partial charge in [0.25, 0.3) is 5.91 Å². The Hall–Kier alpha value is -2.97. The highest BCUT2D eigenvalue weighted by molar-refractivity contribution is 8.27. The molecule has 29 heavy (non-hydrogen) atoms. The van der Waals surface area contributed by atoms with Crippen molar-refractivity contribution >= 4 is 46.0 Å². The maximum absolute atomic E-state index is 13.2. The van der Waals surface area contributed by atoms with Crippen molar-refractivity contribution in [3.8, 4) is 5.75 Å². The number of amides is 1. The number of imidazole rings is 1. The fraction of sp³-hybridized carbons (Fsp3) is 0.0952. The zero-order valence-corrected chi connectivity index (χ0v) is 17.0. The Bertz CT molecular complexity index is 1090. The number of thioether (sulfide) groups is 1. The van der Waals surface area contributed by atoms with Gasteiger partial charge in [-0.25, -0.2) is 9.37 Å². The molecule has 2 aromatic carbocycles. The molecule has 0 atom stereocenters. The Morgan fingerprint density at radius 1 is 1.17 bits per heavy atom. The number of thiocarbonyl (C=S) groups is 1. The van der Waals surface area contributed by atoms with E-state index in [1.165, 1.54) is 40.9 Å². The maximum Gasteiger partial charge on any atom is 0.270 e. The zero-order chi connectivity index (χ0) is 20.4. The van der Waals surface area contributed by atoms with E-state index in [0.717, 1.165) is 11.4 Å². The van der Waals surface area contributed by atoms with Crippen molar-refractivity contribution < 1.29 is 13.9 Å². The molecule has 0 N–H and O–H groups in total. The molecule has 1 amide bonds. The Morgan fingerprint density at radius 3 is 2.55 bits per heavy atom. The van der Waals surface area contributed by atoms with Crippen LogP contribution in [0.5, 0.6) is 5.75 Å². The lowest BCUT2D eigenvalue weighted by molar-refractivity contribution is -0.113.